The third kappa shape index (κ3) is 3.82. The molecule has 1 fully saturated rings. The number of ether oxygens (including phenoxy) is 1. The number of amides is 2. The molecule has 0 aromatic heterocycles. The largest absolute Gasteiger partial charge is 0.465 e. The molecule has 1 heterocycles. The maximum Gasteiger partial charge on any atom is 0.340 e. The van der Waals surface area contributed by atoms with Crippen LogP contribution in [0.1, 0.15) is 33.6 Å². The van der Waals surface area contributed by atoms with Crippen molar-refractivity contribution in [3.05, 3.63) is 58.1 Å². The Bertz CT molecular complexity index is 981. The van der Waals surface area contributed by atoms with Gasteiger partial charge in [0.05, 0.1) is 29.6 Å². The number of carbonyl (C=O) groups excluding carboxylic acids is 3. The van der Waals surface area contributed by atoms with Crippen molar-refractivity contribution in [2.45, 2.75) is 12.8 Å². The molecule has 1 aliphatic rings. The molecule has 9 heteroatoms. The van der Waals surface area contributed by atoms with E-state index in [1.165, 1.54) is 23.1 Å². The Morgan fingerprint density at radius 1 is 1.14 bits per heavy atom. The first kappa shape index (κ1) is 19.8. The zero-order chi connectivity index (χ0) is 20.4. The highest BCUT2D eigenvalue weighted by molar-refractivity contribution is 6.31. The monoisotopic (exact) mass is 408 g/mol. The van der Waals surface area contributed by atoms with Gasteiger partial charge in [0.2, 0.25) is 5.91 Å². The molecule has 146 valence electrons. The molecule has 0 bridgehead atoms. The predicted molar refractivity (Wildman–Crippen MR) is 98.7 cm³/mol. The van der Waals surface area contributed by atoms with Crippen LogP contribution in [-0.4, -0.2) is 31.4 Å². The average molecular weight is 409 g/mol. The van der Waals surface area contributed by atoms with Gasteiger partial charge in [-0.05, 0) is 30.7 Å². The number of nitrogens with zero attached hydrogens (tertiary/aromatic N) is 1. The lowest BCUT2D eigenvalue weighted by Crippen LogP contribution is -2.27. The topological polar surface area (TPSA) is 75.7 Å². The molecule has 3 rings (SSSR count). The molecule has 0 unspecified atom stereocenters. The summed E-state index contributed by atoms with van der Waals surface area (Å²) >= 11 is 6.00. The standard InChI is InChI=1S/C19H15ClF2N2O4/c1-28-19(27)12-8-15(14(22)9-13(12)21)23-18(26)11-5-4-10(20)7-16(11)24-6-2-3-17(24)25/h4-5,7-9H,2-3,6H2,1H3,(H,23,26). The van der Waals surface area contributed by atoms with E-state index in [4.69, 9.17) is 11.6 Å². The van der Waals surface area contributed by atoms with E-state index < -0.39 is 34.8 Å². The van der Waals surface area contributed by atoms with Gasteiger partial charge in [-0.25, -0.2) is 13.6 Å². The number of esters is 1. The van der Waals surface area contributed by atoms with E-state index in [-0.39, 0.29) is 11.5 Å². The molecule has 1 aliphatic heterocycles. The SMILES string of the molecule is COC(=O)c1cc(NC(=O)c2ccc(Cl)cc2N2CCCC2=O)c(F)cc1F. The van der Waals surface area contributed by atoms with Gasteiger partial charge >= 0.3 is 5.97 Å². The molecule has 2 aromatic carbocycles. The Hall–Kier alpha value is -3.00. The first-order valence-corrected chi connectivity index (χ1v) is 8.68. The molecule has 0 atom stereocenters. The van der Waals surface area contributed by atoms with Crippen molar-refractivity contribution in [2.75, 3.05) is 23.9 Å². The molecule has 0 saturated carbocycles. The van der Waals surface area contributed by atoms with Gasteiger partial charge in [-0.2, -0.15) is 0 Å². The summed E-state index contributed by atoms with van der Waals surface area (Å²) in [4.78, 5) is 37.8. The lowest BCUT2D eigenvalue weighted by molar-refractivity contribution is -0.117. The van der Waals surface area contributed by atoms with E-state index in [0.29, 0.717) is 36.2 Å². The first-order chi connectivity index (χ1) is 13.3. The van der Waals surface area contributed by atoms with Crippen LogP contribution >= 0.6 is 11.6 Å². The van der Waals surface area contributed by atoms with Crippen LogP contribution in [0.3, 0.4) is 0 Å². The van der Waals surface area contributed by atoms with Crippen molar-refractivity contribution < 1.29 is 27.9 Å². The van der Waals surface area contributed by atoms with Gasteiger partial charge in [-0.15, -0.1) is 0 Å². The van der Waals surface area contributed by atoms with Gasteiger partial charge in [0, 0.05) is 24.1 Å². The lowest BCUT2D eigenvalue weighted by atomic mass is 10.1. The Balaban J connectivity index is 1.96. The van der Waals surface area contributed by atoms with Crippen LogP contribution in [-0.2, 0) is 9.53 Å². The van der Waals surface area contributed by atoms with Crippen molar-refractivity contribution in [2.24, 2.45) is 0 Å². The lowest BCUT2D eigenvalue weighted by Gasteiger charge is -2.20. The number of anilines is 2. The summed E-state index contributed by atoms with van der Waals surface area (Å²) in [7, 11) is 1.05. The Morgan fingerprint density at radius 3 is 2.54 bits per heavy atom. The van der Waals surface area contributed by atoms with Gasteiger partial charge in [0.25, 0.3) is 5.91 Å². The van der Waals surface area contributed by atoms with E-state index in [1.54, 1.807) is 0 Å². The Kier molecular flexibility index (Phi) is 5.60. The molecule has 2 amide bonds. The van der Waals surface area contributed by atoms with Crippen molar-refractivity contribution in [3.8, 4) is 0 Å². The van der Waals surface area contributed by atoms with E-state index in [9.17, 15) is 23.2 Å². The molecule has 1 N–H and O–H groups in total. The summed E-state index contributed by atoms with van der Waals surface area (Å²) in [6.07, 6.45) is 0.990. The minimum atomic E-state index is -1.11. The second-order valence-corrected chi connectivity index (χ2v) is 6.50. The van der Waals surface area contributed by atoms with Crippen LogP contribution in [0.4, 0.5) is 20.2 Å². The van der Waals surface area contributed by atoms with Crippen LogP contribution in [0.2, 0.25) is 5.02 Å². The minimum absolute atomic E-state index is 0.0861. The van der Waals surface area contributed by atoms with Gasteiger partial charge in [0.1, 0.15) is 11.6 Å². The van der Waals surface area contributed by atoms with Gasteiger partial charge < -0.3 is 15.0 Å². The van der Waals surface area contributed by atoms with E-state index in [0.717, 1.165) is 13.2 Å². The molecule has 28 heavy (non-hydrogen) atoms. The predicted octanol–water partition coefficient (Wildman–Crippen LogP) is 3.78. The van der Waals surface area contributed by atoms with Crippen LogP contribution in [0, 0.1) is 11.6 Å². The molecule has 2 aromatic rings. The average Bonchev–Trinajstić information content (AvgIpc) is 3.08. The van der Waals surface area contributed by atoms with Crippen LogP contribution in [0.15, 0.2) is 30.3 Å². The number of methoxy groups -OCH3 is 1. The molecule has 0 radical (unpaired) electrons. The Morgan fingerprint density at radius 2 is 1.89 bits per heavy atom. The number of rotatable bonds is 4. The summed E-state index contributed by atoms with van der Waals surface area (Å²) < 4.78 is 32.3. The van der Waals surface area contributed by atoms with Gasteiger partial charge in [0.15, 0.2) is 0 Å². The molecule has 6 nitrogen and oxygen atoms in total. The maximum atomic E-state index is 14.1. The third-order valence-corrected chi connectivity index (χ3v) is 4.51. The fraction of sp³-hybridized carbons (Fsp3) is 0.211. The summed E-state index contributed by atoms with van der Waals surface area (Å²) in [6, 6.07) is 5.67. The fourth-order valence-corrected chi connectivity index (χ4v) is 3.09. The zero-order valence-corrected chi connectivity index (χ0v) is 15.5. The van der Waals surface area contributed by atoms with Crippen LogP contribution < -0.4 is 10.2 Å². The minimum Gasteiger partial charge on any atom is -0.465 e. The number of carbonyl (C=O) groups is 3. The number of hydrogen-bond donors (Lipinski definition) is 1. The summed E-state index contributed by atoms with van der Waals surface area (Å²) in [5.74, 6) is -4.09. The Labute approximate surface area is 164 Å². The van der Waals surface area contributed by atoms with E-state index >= 15 is 0 Å². The fourth-order valence-electron chi connectivity index (χ4n) is 2.92. The summed E-state index contributed by atoms with van der Waals surface area (Å²) in [5, 5.41) is 2.63. The smallest absolute Gasteiger partial charge is 0.340 e. The molecule has 0 aliphatic carbocycles. The highest BCUT2D eigenvalue weighted by atomic mass is 35.5. The van der Waals surface area contributed by atoms with E-state index in [2.05, 4.69) is 10.1 Å². The second kappa shape index (κ2) is 7.93. The quantitative estimate of drug-likeness (QED) is 0.781. The zero-order valence-electron chi connectivity index (χ0n) is 14.7. The summed E-state index contributed by atoms with van der Waals surface area (Å²) in [5.41, 5.74) is -0.545. The second-order valence-electron chi connectivity index (χ2n) is 6.07. The normalized spacial score (nSPS) is 13.6. The molecular formula is C19H15ClF2N2O4. The van der Waals surface area contributed by atoms with E-state index in [1.807, 2.05) is 0 Å². The van der Waals surface area contributed by atoms with Gasteiger partial charge in [-0.3, -0.25) is 9.59 Å². The highest BCUT2D eigenvalue weighted by Gasteiger charge is 2.27. The number of hydrogen-bond acceptors (Lipinski definition) is 4. The molecular weight excluding hydrogens is 394 g/mol. The maximum absolute atomic E-state index is 14.1. The number of benzene rings is 2. The third-order valence-electron chi connectivity index (χ3n) is 4.28. The van der Waals surface area contributed by atoms with Crippen molar-refractivity contribution in [3.63, 3.8) is 0 Å². The molecule has 0 spiro atoms. The van der Waals surface area contributed by atoms with Crippen molar-refractivity contribution >= 4 is 40.8 Å². The first-order valence-electron chi connectivity index (χ1n) is 8.30. The summed E-state index contributed by atoms with van der Waals surface area (Å²) in [6.45, 7) is 0.427. The highest BCUT2D eigenvalue weighted by Crippen LogP contribution is 2.30. The molecule has 1 saturated heterocycles. The van der Waals surface area contributed by atoms with Crippen LogP contribution in [0.5, 0.6) is 0 Å². The van der Waals surface area contributed by atoms with Gasteiger partial charge in [-0.1, -0.05) is 11.6 Å². The van der Waals surface area contributed by atoms with Crippen molar-refractivity contribution in [1.29, 1.82) is 0 Å². The van der Waals surface area contributed by atoms with Crippen LogP contribution in [0.25, 0.3) is 0 Å². The van der Waals surface area contributed by atoms with Crippen molar-refractivity contribution in [1.82, 2.24) is 0 Å². The number of nitrogens with one attached hydrogen (secondary N) is 1. The number of halogens is 3.